The third-order valence-corrected chi connectivity index (χ3v) is 4.17. The fraction of sp³-hybridized carbons (Fsp3) is 0.167. The molecule has 1 aromatic heterocycles. The first kappa shape index (κ1) is 15.7. The van der Waals surface area contributed by atoms with Crippen molar-refractivity contribution in [2.45, 2.75) is 12.7 Å². The van der Waals surface area contributed by atoms with Gasteiger partial charge in [0.2, 0.25) is 0 Å². The van der Waals surface area contributed by atoms with Crippen LogP contribution in [0.5, 0.6) is 0 Å². The maximum atomic E-state index is 12.9. The highest BCUT2D eigenvalue weighted by Crippen LogP contribution is 2.32. The fourth-order valence-electron chi connectivity index (χ4n) is 1.62. The van der Waals surface area contributed by atoms with Crippen LogP contribution in [0.4, 0.5) is 18.9 Å². The third-order valence-electron chi connectivity index (χ3n) is 2.53. The molecule has 0 amide bonds. The zero-order valence-corrected chi connectivity index (χ0v) is 14.2. The Balaban J connectivity index is 2.24. The van der Waals surface area contributed by atoms with Crippen molar-refractivity contribution in [3.63, 3.8) is 0 Å². The van der Waals surface area contributed by atoms with Crippen molar-refractivity contribution >= 4 is 50.9 Å². The van der Waals surface area contributed by atoms with Gasteiger partial charge in [0.05, 0.1) is 11.3 Å². The predicted octanol–water partition coefficient (Wildman–Crippen LogP) is 4.32. The SMILES string of the molecule is FC(F)(F)c1ccccc1CNc1c(I)ncnc1I. The molecule has 1 heterocycles. The zero-order valence-electron chi connectivity index (χ0n) is 9.88. The first-order chi connectivity index (χ1) is 9.39. The second-order valence-electron chi connectivity index (χ2n) is 3.84. The standard InChI is InChI=1S/C12H8F3I2N3/c13-12(14,15)8-4-2-1-3-7(8)5-18-9-10(16)19-6-20-11(9)17/h1-4,6,18H,5H2. The van der Waals surface area contributed by atoms with E-state index in [-0.39, 0.29) is 12.1 Å². The summed E-state index contributed by atoms with van der Waals surface area (Å²) < 4.78 is 40.0. The van der Waals surface area contributed by atoms with Gasteiger partial charge < -0.3 is 5.32 Å². The second-order valence-corrected chi connectivity index (χ2v) is 5.88. The topological polar surface area (TPSA) is 37.8 Å². The zero-order chi connectivity index (χ0) is 14.8. The highest BCUT2D eigenvalue weighted by molar-refractivity contribution is 14.1. The third kappa shape index (κ3) is 3.71. The maximum absolute atomic E-state index is 12.9. The summed E-state index contributed by atoms with van der Waals surface area (Å²) in [6.07, 6.45) is -2.94. The Bertz CT molecular complexity index is 597. The Morgan fingerprint density at radius 3 is 2.25 bits per heavy atom. The molecule has 0 saturated heterocycles. The van der Waals surface area contributed by atoms with E-state index in [1.165, 1.54) is 18.5 Å². The molecule has 0 radical (unpaired) electrons. The van der Waals surface area contributed by atoms with Crippen LogP contribution in [0.3, 0.4) is 0 Å². The van der Waals surface area contributed by atoms with Crippen LogP contribution in [-0.2, 0) is 12.7 Å². The Labute approximate surface area is 140 Å². The van der Waals surface area contributed by atoms with Gasteiger partial charge in [-0.1, -0.05) is 18.2 Å². The normalized spacial score (nSPS) is 11.4. The minimum atomic E-state index is -4.36. The van der Waals surface area contributed by atoms with E-state index in [4.69, 9.17) is 0 Å². The molecule has 106 valence electrons. The van der Waals surface area contributed by atoms with Gasteiger partial charge in [0.1, 0.15) is 13.7 Å². The molecule has 2 rings (SSSR count). The molecule has 0 spiro atoms. The molecule has 0 unspecified atom stereocenters. The molecule has 0 atom stereocenters. The van der Waals surface area contributed by atoms with Gasteiger partial charge in [0.25, 0.3) is 0 Å². The van der Waals surface area contributed by atoms with Crippen LogP contribution >= 0.6 is 45.2 Å². The highest BCUT2D eigenvalue weighted by atomic mass is 127. The number of hydrogen-bond donors (Lipinski definition) is 1. The van der Waals surface area contributed by atoms with E-state index in [0.717, 1.165) is 6.07 Å². The lowest BCUT2D eigenvalue weighted by atomic mass is 10.1. The molecule has 20 heavy (non-hydrogen) atoms. The summed E-state index contributed by atoms with van der Waals surface area (Å²) in [6.45, 7) is 0.0645. The Kier molecular flexibility index (Phi) is 5.04. The highest BCUT2D eigenvalue weighted by Gasteiger charge is 2.32. The first-order valence-electron chi connectivity index (χ1n) is 5.44. The summed E-state index contributed by atoms with van der Waals surface area (Å²) in [7, 11) is 0. The van der Waals surface area contributed by atoms with Crippen LogP contribution in [0.15, 0.2) is 30.6 Å². The van der Waals surface area contributed by atoms with Crippen LogP contribution in [0, 0.1) is 7.40 Å². The van der Waals surface area contributed by atoms with Gasteiger partial charge in [-0.3, -0.25) is 0 Å². The molecule has 2 aromatic rings. The molecular formula is C12H8F3I2N3. The summed E-state index contributed by atoms with van der Waals surface area (Å²) in [5.74, 6) is 0. The van der Waals surface area contributed by atoms with Crippen LogP contribution in [0.25, 0.3) is 0 Å². The molecule has 0 bridgehead atoms. The molecule has 0 aliphatic carbocycles. The van der Waals surface area contributed by atoms with Gasteiger partial charge in [-0.2, -0.15) is 13.2 Å². The van der Waals surface area contributed by atoms with Crippen LogP contribution < -0.4 is 5.32 Å². The van der Waals surface area contributed by atoms with Gasteiger partial charge in [-0.25, -0.2) is 9.97 Å². The number of halogens is 5. The molecule has 0 saturated carbocycles. The van der Waals surface area contributed by atoms with Crippen molar-refractivity contribution in [1.29, 1.82) is 0 Å². The average molecular weight is 505 g/mol. The number of nitrogens with one attached hydrogen (secondary N) is 1. The van der Waals surface area contributed by atoms with Crippen molar-refractivity contribution in [2.24, 2.45) is 0 Å². The van der Waals surface area contributed by atoms with Crippen molar-refractivity contribution in [3.05, 3.63) is 49.1 Å². The smallest absolute Gasteiger partial charge is 0.377 e. The van der Waals surface area contributed by atoms with E-state index in [2.05, 4.69) is 15.3 Å². The van der Waals surface area contributed by atoms with Gasteiger partial charge in [0, 0.05) is 6.54 Å². The van der Waals surface area contributed by atoms with Crippen molar-refractivity contribution in [3.8, 4) is 0 Å². The van der Waals surface area contributed by atoms with Gasteiger partial charge in [-0.05, 0) is 56.8 Å². The number of aromatic nitrogens is 2. The second kappa shape index (κ2) is 6.41. The first-order valence-corrected chi connectivity index (χ1v) is 7.60. The van der Waals surface area contributed by atoms with Crippen molar-refractivity contribution in [2.75, 3.05) is 5.32 Å². The van der Waals surface area contributed by atoms with E-state index in [1.807, 2.05) is 45.2 Å². The lowest BCUT2D eigenvalue weighted by Crippen LogP contribution is -2.13. The summed E-state index contributed by atoms with van der Waals surface area (Å²) in [6, 6.07) is 5.50. The van der Waals surface area contributed by atoms with E-state index >= 15 is 0 Å². The van der Waals surface area contributed by atoms with E-state index in [9.17, 15) is 13.2 Å². The molecule has 1 aromatic carbocycles. The summed E-state index contributed by atoms with van der Waals surface area (Å²) >= 11 is 4.03. The number of anilines is 1. The average Bonchev–Trinajstić information content (AvgIpc) is 2.37. The molecule has 1 N–H and O–H groups in total. The molecular weight excluding hydrogens is 497 g/mol. The minimum Gasteiger partial charge on any atom is -0.377 e. The minimum absolute atomic E-state index is 0.0645. The number of alkyl halides is 3. The van der Waals surface area contributed by atoms with Gasteiger partial charge >= 0.3 is 6.18 Å². The van der Waals surface area contributed by atoms with Crippen LogP contribution in [0.2, 0.25) is 0 Å². The number of benzene rings is 1. The lowest BCUT2D eigenvalue weighted by Gasteiger charge is -2.14. The van der Waals surface area contributed by atoms with Crippen LogP contribution in [-0.4, -0.2) is 9.97 Å². The van der Waals surface area contributed by atoms with Crippen molar-refractivity contribution in [1.82, 2.24) is 9.97 Å². The van der Waals surface area contributed by atoms with Gasteiger partial charge in [-0.15, -0.1) is 0 Å². The molecule has 8 heteroatoms. The summed E-state index contributed by atoms with van der Waals surface area (Å²) in [5.41, 5.74) is 0.204. The molecule has 0 fully saturated rings. The lowest BCUT2D eigenvalue weighted by molar-refractivity contribution is -0.138. The van der Waals surface area contributed by atoms with E-state index in [1.54, 1.807) is 6.07 Å². The predicted molar refractivity (Wildman–Crippen MR) is 86.2 cm³/mol. The van der Waals surface area contributed by atoms with E-state index < -0.39 is 11.7 Å². The van der Waals surface area contributed by atoms with Crippen molar-refractivity contribution < 1.29 is 13.2 Å². The van der Waals surface area contributed by atoms with Crippen LogP contribution in [0.1, 0.15) is 11.1 Å². The Morgan fingerprint density at radius 2 is 1.65 bits per heavy atom. The molecule has 3 nitrogen and oxygen atoms in total. The fourth-order valence-corrected chi connectivity index (χ4v) is 3.28. The van der Waals surface area contributed by atoms with E-state index in [0.29, 0.717) is 13.1 Å². The number of hydrogen-bond acceptors (Lipinski definition) is 3. The number of rotatable bonds is 3. The Morgan fingerprint density at radius 1 is 1.05 bits per heavy atom. The maximum Gasteiger partial charge on any atom is 0.416 e. The largest absolute Gasteiger partial charge is 0.416 e. The summed E-state index contributed by atoms with van der Waals surface area (Å²) in [4.78, 5) is 8.02. The molecule has 0 aliphatic rings. The summed E-state index contributed by atoms with van der Waals surface area (Å²) in [5, 5.41) is 2.97. The Hall–Kier alpha value is -0.650. The van der Waals surface area contributed by atoms with Gasteiger partial charge in [0.15, 0.2) is 0 Å². The quantitative estimate of drug-likeness (QED) is 0.500. The monoisotopic (exact) mass is 505 g/mol. The number of nitrogens with zero attached hydrogens (tertiary/aromatic N) is 2. The molecule has 0 aliphatic heterocycles.